The molecule has 2 aromatic rings. The summed E-state index contributed by atoms with van der Waals surface area (Å²) in [5.41, 5.74) is 2.00. The van der Waals surface area contributed by atoms with E-state index in [1.54, 1.807) is 13.1 Å². The van der Waals surface area contributed by atoms with Crippen LogP contribution in [0.15, 0.2) is 36.5 Å². The Kier molecular flexibility index (Phi) is 5.11. The molecule has 2 rings (SSSR count). The molecular formula is C16H21N3O2. The maximum absolute atomic E-state index is 11.9. The SMILES string of the molecule is CCO[C@H](C)C(=O)N[C@@H](C)c1ncc(-c2ccccc2)[nH]1. The predicted molar refractivity (Wildman–Crippen MR) is 81.7 cm³/mol. The van der Waals surface area contributed by atoms with Crippen LogP contribution in [-0.2, 0) is 9.53 Å². The third kappa shape index (κ3) is 3.92. The first-order valence-electron chi connectivity index (χ1n) is 7.14. The lowest BCUT2D eigenvalue weighted by Crippen LogP contribution is -2.36. The molecule has 0 saturated heterocycles. The maximum Gasteiger partial charge on any atom is 0.249 e. The fraction of sp³-hybridized carbons (Fsp3) is 0.375. The maximum atomic E-state index is 11.9. The first-order valence-corrected chi connectivity index (χ1v) is 7.14. The lowest BCUT2D eigenvalue weighted by Gasteiger charge is -2.16. The number of carbonyl (C=O) groups excluding carboxylic acids is 1. The van der Waals surface area contributed by atoms with Gasteiger partial charge in [0.2, 0.25) is 5.91 Å². The Morgan fingerprint density at radius 3 is 2.71 bits per heavy atom. The van der Waals surface area contributed by atoms with Crippen LogP contribution in [0.25, 0.3) is 11.3 Å². The van der Waals surface area contributed by atoms with E-state index in [4.69, 9.17) is 4.74 Å². The molecule has 0 aliphatic carbocycles. The Morgan fingerprint density at radius 2 is 2.05 bits per heavy atom. The fourth-order valence-electron chi connectivity index (χ4n) is 2.05. The highest BCUT2D eigenvalue weighted by molar-refractivity contribution is 5.80. The van der Waals surface area contributed by atoms with Gasteiger partial charge in [0.05, 0.1) is 17.9 Å². The number of nitrogens with one attached hydrogen (secondary N) is 2. The minimum absolute atomic E-state index is 0.137. The summed E-state index contributed by atoms with van der Waals surface area (Å²) >= 11 is 0. The summed E-state index contributed by atoms with van der Waals surface area (Å²) in [6, 6.07) is 9.75. The van der Waals surface area contributed by atoms with Crippen LogP contribution in [0, 0.1) is 0 Å². The molecule has 0 spiro atoms. The Hall–Kier alpha value is -2.14. The molecule has 1 heterocycles. The number of hydrogen-bond acceptors (Lipinski definition) is 3. The summed E-state index contributed by atoms with van der Waals surface area (Å²) in [6.07, 6.45) is 1.32. The van der Waals surface area contributed by atoms with Gasteiger partial charge in [0, 0.05) is 6.61 Å². The number of imidazole rings is 1. The monoisotopic (exact) mass is 287 g/mol. The minimum Gasteiger partial charge on any atom is -0.369 e. The Bertz CT molecular complexity index is 580. The predicted octanol–water partition coefficient (Wildman–Crippen LogP) is 2.68. The lowest BCUT2D eigenvalue weighted by atomic mass is 10.2. The molecule has 5 heteroatoms. The molecule has 0 radical (unpaired) electrons. The summed E-state index contributed by atoms with van der Waals surface area (Å²) < 4.78 is 5.27. The van der Waals surface area contributed by atoms with E-state index in [1.165, 1.54) is 0 Å². The number of amides is 1. The van der Waals surface area contributed by atoms with Crippen LogP contribution in [0.2, 0.25) is 0 Å². The van der Waals surface area contributed by atoms with Gasteiger partial charge in [0.15, 0.2) is 0 Å². The van der Waals surface area contributed by atoms with Gasteiger partial charge in [-0.2, -0.15) is 0 Å². The molecule has 0 aliphatic heterocycles. The van der Waals surface area contributed by atoms with Crippen molar-refractivity contribution < 1.29 is 9.53 Å². The zero-order valence-corrected chi connectivity index (χ0v) is 12.6. The highest BCUT2D eigenvalue weighted by Gasteiger charge is 2.18. The number of rotatable bonds is 6. The standard InChI is InChI=1S/C16H21N3O2/c1-4-21-12(3)16(20)18-11(2)15-17-10-14(19-15)13-8-6-5-7-9-13/h5-12H,4H2,1-3H3,(H,17,19)(H,18,20)/t11-,12+/m0/s1. The zero-order valence-electron chi connectivity index (χ0n) is 12.6. The van der Waals surface area contributed by atoms with Gasteiger partial charge >= 0.3 is 0 Å². The highest BCUT2D eigenvalue weighted by Crippen LogP contribution is 2.18. The van der Waals surface area contributed by atoms with E-state index in [-0.39, 0.29) is 11.9 Å². The van der Waals surface area contributed by atoms with Crippen LogP contribution in [0.3, 0.4) is 0 Å². The van der Waals surface area contributed by atoms with Crippen molar-refractivity contribution in [1.82, 2.24) is 15.3 Å². The Morgan fingerprint density at radius 1 is 1.33 bits per heavy atom. The summed E-state index contributed by atoms with van der Waals surface area (Å²) in [5.74, 6) is 0.591. The normalized spacial score (nSPS) is 13.7. The van der Waals surface area contributed by atoms with E-state index in [0.717, 1.165) is 17.1 Å². The molecular weight excluding hydrogens is 266 g/mol. The molecule has 0 fully saturated rings. The van der Waals surface area contributed by atoms with E-state index in [0.29, 0.717) is 6.61 Å². The number of aromatic amines is 1. The van der Waals surface area contributed by atoms with Crippen molar-refractivity contribution >= 4 is 5.91 Å². The van der Waals surface area contributed by atoms with Gasteiger partial charge in [0.1, 0.15) is 11.9 Å². The highest BCUT2D eigenvalue weighted by atomic mass is 16.5. The van der Waals surface area contributed by atoms with E-state index in [2.05, 4.69) is 15.3 Å². The van der Waals surface area contributed by atoms with Crippen molar-refractivity contribution in [3.05, 3.63) is 42.4 Å². The number of benzene rings is 1. The van der Waals surface area contributed by atoms with Crippen molar-refractivity contribution in [2.45, 2.75) is 32.9 Å². The second kappa shape index (κ2) is 7.04. The molecule has 0 bridgehead atoms. The van der Waals surface area contributed by atoms with Crippen LogP contribution >= 0.6 is 0 Å². The van der Waals surface area contributed by atoms with Crippen molar-refractivity contribution in [1.29, 1.82) is 0 Å². The van der Waals surface area contributed by atoms with Crippen molar-refractivity contribution in [2.24, 2.45) is 0 Å². The number of H-pyrrole nitrogens is 1. The second-order valence-electron chi connectivity index (χ2n) is 4.88. The van der Waals surface area contributed by atoms with Crippen LogP contribution < -0.4 is 5.32 Å². The third-order valence-corrected chi connectivity index (χ3v) is 3.24. The van der Waals surface area contributed by atoms with Gasteiger partial charge in [-0.05, 0) is 26.3 Å². The quantitative estimate of drug-likeness (QED) is 0.858. The van der Waals surface area contributed by atoms with Gasteiger partial charge in [-0.25, -0.2) is 4.98 Å². The van der Waals surface area contributed by atoms with Gasteiger partial charge in [-0.15, -0.1) is 0 Å². The number of carbonyl (C=O) groups is 1. The summed E-state index contributed by atoms with van der Waals surface area (Å²) in [4.78, 5) is 19.5. The number of ether oxygens (including phenoxy) is 1. The van der Waals surface area contributed by atoms with E-state index < -0.39 is 6.10 Å². The fourth-order valence-corrected chi connectivity index (χ4v) is 2.05. The molecule has 112 valence electrons. The van der Waals surface area contributed by atoms with E-state index >= 15 is 0 Å². The van der Waals surface area contributed by atoms with E-state index in [9.17, 15) is 4.79 Å². The first kappa shape index (κ1) is 15.3. The molecule has 21 heavy (non-hydrogen) atoms. The van der Waals surface area contributed by atoms with Crippen molar-refractivity contribution in [2.75, 3.05) is 6.61 Å². The first-order chi connectivity index (χ1) is 10.1. The third-order valence-electron chi connectivity index (χ3n) is 3.24. The summed E-state index contributed by atoms with van der Waals surface area (Å²) in [5, 5.41) is 2.89. The number of aromatic nitrogens is 2. The molecule has 2 atom stereocenters. The molecule has 2 N–H and O–H groups in total. The van der Waals surface area contributed by atoms with Gasteiger partial charge in [-0.3, -0.25) is 4.79 Å². The average molecular weight is 287 g/mol. The van der Waals surface area contributed by atoms with Gasteiger partial charge in [0.25, 0.3) is 0 Å². The zero-order chi connectivity index (χ0) is 15.2. The number of nitrogens with zero attached hydrogens (tertiary/aromatic N) is 1. The molecule has 1 amide bonds. The van der Waals surface area contributed by atoms with Crippen LogP contribution in [-0.4, -0.2) is 28.6 Å². The molecule has 1 aromatic heterocycles. The van der Waals surface area contributed by atoms with Crippen molar-refractivity contribution in [3.8, 4) is 11.3 Å². The Balaban J connectivity index is 2.02. The molecule has 1 aromatic carbocycles. The largest absolute Gasteiger partial charge is 0.369 e. The molecule has 0 saturated carbocycles. The van der Waals surface area contributed by atoms with Gasteiger partial charge in [-0.1, -0.05) is 30.3 Å². The average Bonchev–Trinajstić information content (AvgIpc) is 2.98. The van der Waals surface area contributed by atoms with Gasteiger partial charge < -0.3 is 15.0 Å². The molecule has 5 nitrogen and oxygen atoms in total. The topological polar surface area (TPSA) is 67.0 Å². The molecule has 0 unspecified atom stereocenters. The van der Waals surface area contributed by atoms with Crippen molar-refractivity contribution in [3.63, 3.8) is 0 Å². The van der Waals surface area contributed by atoms with Crippen LogP contribution in [0.4, 0.5) is 0 Å². The minimum atomic E-state index is -0.457. The smallest absolute Gasteiger partial charge is 0.249 e. The number of hydrogen-bond donors (Lipinski definition) is 2. The van der Waals surface area contributed by atoms with E-state index in [1.807, 2.05) is 44.2 Å². The van der Waals surface area contributed by atoms with Crippen LogP contribution in [0.5, 0.6) is 0 Å². The lowest BCUT2D eigenvalue weighted by molar-refractivity contribution is -0.132. The summed E-state index contributed by atoms with van der Waals surface area (Å²) in [6.45, 7) is 6.01. The summed E-state index contributed by atoms with van der Waals surface area (Å²) in [7, 11) is 0. The van der Waals surface area contributed by atoms with Crippen LogP contribution in [0.1, 0.15) is 32.6 Å². The second-order valence-corrected chi connectivity index (χ2v) is 4.88. The Labute approximate surface area is 124 Å². The molecule has 0 aliphatic rings.